The van der Waals surface area contributed by atoms with Gasteiger partial charge in [-0.2, -0.15) is 13.2 Å². The maximum Gasteiger partial charge on any atom is 0.389 e. The van der Waals surface area contributed by atoms with Gasteiger partial charge in [0, 0.05) is 6.42 Å². The molecule has 0 fully saturated rings. The number of alkyl halides is 3. The minimum Gasteiger partial charge on any atom is -0.207 e. The molecule has 0 saturated heterocycles. The SMILES string of the molecule is CCCC(F)(F)F.CCCc1c(C)cc(F)c(C(C)C)c1P. The summed E-state index contributed by atoms with van der Waals surface area (Å²) in [6, 6.07) is 1.67. The van der Waals surface area contributed by atoms with E-state index in [1.165, 1.54) is 12.5 Å². The maximum atomic E-state index is 13.8. The molecule has 0 aliphatic heterocycles. The van der Waals surface area contributed by atoms with Crippen molar-refractivity contribution < 1.29 is 17.6 Å². The van der Waals surface area contributed by atoms with E-state index in [0.717, 1.165) is 29.3 Å². The van der Waals surface area contributed by atoms with Gasteiger partial charge >= 0.3 is 6.18 Å². The summed E-state index contributed by atoms with van der Waals surface area (Å²) < 4.78 is 46.9. The van der Waals surface area contributed by atoms with E-state index in [1.54, 1.807) is 6.07 Å². The third-order valence-corrected chi connectivity index (χ3v) is 3.96. The highest BCUT2D eigenvalue weighted by molar-refractivity contribution is 7.27. The van der Waals surface area contributed by atoms with E-state index in [0.29, 0.717) is 0 Å². The van der Waals surface area contributed by atoms with Gasteiger partial charge in [-0.25, -0.2) is 4.39 Å². The van der Waals surface area contributed by atoms with E-state index in [1.807, 2.05) is 20.8 Å². The van der Waals surface area contributed by atoms with Crippen molar-refractivity contribution >= 4 is 14.5 Å². The van der Waals surface area contributed by atoms with Crippen LogP contribution in [0.25, 0.3) is 0 Å². The van der Waals surface area contributed by atoms with Gasteiger partial charge in [0.2, 0.25) is 0 Å². The molecule has 0 spiro atoms. The van der Waals surface area contributed by atoms with Crippen LogP contribution >= 0.6 is 9.24 Å². The number of benzene rings is 1. The van der Waals surface area contributed by atoms with Crippen LogP contribution in [0.3, 0.4) is 0 Å². The average Bonchev–Trinajstić information content (AvgIpc) is 2.32. The van der Waals surface area contributed by atoms with Crippen LogP contribution in [-0.4, -0.2) is 6.18 Å². The zero-order chi connectivity index (χ0) is 17.5. The Morgan fingerprint density at radius 1 is 1.14 bits per heavy atom. The van der Waals surface area contributed by atoms with E-state index in [4.69, 9.17) is 0 Å². The molecule has 1 unspecified atom stereocenters. The predicted octanol–water partition coefficient (Wildman–Crippen LogP) is 6.06. The molecule has 1 aromatic rings. The zero-order valence-corrected chi connectivity index (χ0v) is 15.2. The fraction of sp³-hybridized carbons (Fsp3) is 0.647. The third kappa shape index (κ3) is 7.09. The standard InChI is InChI=1S/C13H20FP.C4H7F3/c1-5-6-10-9(4)7-11(14)12(8(2)3)13(10)15;1-2-3-4(5,6)7/h7-8H,5-6,15H2,1-4H3;2-3H2,1H3. The summed E-state index contributed by atoms with van der Waals surface area (Å²) in [4.78, 5) is 0. The summed E-state index contributed by atoms with van der Waals surface area (Å²) in [6.45, 7) is 9.73. The van der Waals surface area contributed by atoms with Gasteiger partial charge in [-0.3, -0.25) is 0 Å². The molecule has 1 rings (SSSR count). The molecule has 0 aliphatic rings. The normalized spacial score (nSPS) is 11.4. The Morgan fingerprint density at radius 2 is 1.68 bits per heavy atom. The van der Waals surface area contributed by atoms with Gasteiger partial charge in [0.15, 0.2) is 0 Å². The number of hydrogen-bond acceptors (Lipinski definition) is 0. The minimum atomic E-state index is -3.95. The first-order chi connectivity index (χ1) is 10.0. The first-order valence-corrected chi connectivity index (χ1v) is 8.26. The van der Waals surface area contributed by atoms with Gasteiger partial charge in [0.25, 0.3) is 0 Å². The lowest BCUT2D eigenvalue weighted by molar-refractivity contribution is -0.134. The second-order valence-corrected chi connectivity index (χ2v) is 6.33. The van der Waals surface area contributed by atoms with E-state index in [9.17, 15) is 17.6 Å². The highest BCUT2D eigenvalue weighted by Gasteiger charge is 2.24. The van der Waals surface area contributed by atoms with E-state index >= 15 is 0 Å². The topological polar surface area (TPSA) is 0 Å². The van der Waals surface area contributed by atoms with Crippen molar-refractivity contribution in [3.05, 3.63) is 28.6 Å². The Labute approximate surface area is 133 Å². The molecule has 0 aromatic heterocycles. The van der Waals surface area contributed by atoms with Crippen molar-refractivity contribution in [3.8, 4) is 0 Å². The molecule has 1 atom stereocenters. The van der Waals surface area contributed by atoms with E-state index < -0.39 is 12.6 Å². The van der Waals surface area contributed by atoms with Crippen LogP contribution in [0.5, 0.6) is 0 Å². The molecule has 0 bridgehead atoms. The Kier molecular flexibility index (Phi) is 9.22. The van der Waals surface area contributed by atoms with Crippen molar-refractivity contribution in [2.24, 2.45) is 0 Å². The predicted molar refractivity (Wildman–Crippen MR) is 89.5 cm³/mol. The number of rotatable bonds is 4. The molecule has 128 valence electrons. The van der Waals surface area contributed by atoms with Gasteiger partial charge in [0.1, 0.15) is 5.82 Å². The lowest BCUT2D eigenvalue weighted by atomic mass is 9.94. The maximum absolute atomic E-state index is 13.8. The van der Waals surface area contributed by atoms with Crippen molar-refractivity contribution in [2.75, 3.05) is 0 Å². The minimum absolute atomic E-state index is 0.0626. The summed E-state index contributed by atoms with van der Waals surface area (Å²) in [5.41, 5.74) is 3.23. The number of hydrogen-bond donors (Lipinski definition) is 0. The monoisotopic (exact) mass is 338 g/mol. The average molecular weight is 338 g/mol. The molecule has 1 aromatic carbocycles. The molecule has 0 heterocycles. The molecule has 0 radical (unpaired) electrons. The van der Waals surface area contributed by atoms with Crippen LogP contribution in [-0.2, 0) is 6.42 Å². The third-order valence-electron chi connectivity index (χ3n) is 3.30. The van der Waals surface area contributed by atoms with Crippen LogP contribution in [0.4, 0.5) is 17.6 Å². The van der Waals surface area contributed by atoms with Crippen LogP contribution in [0.15, 0.2) is 6.07 Å². The van der Waals surface area contributed by atoms with Crippen LogP contribution in [0, 0.1) is 12.7 Å². The zero-order valence-electron chi connectivity index (χ0n) is 14.1. The molecule has 0 aliphatic carbocycles. The van der Waals surface area contributed by atoms with Crippen molar-refractivity contribution in [3.63, 3.8) is 0 Å². The fourth-order valence-corrected chi connectivity index (χ4v) is 3.15. The largest absolute Gasteiger partial charge is 0.389 e. The second kappa shape index (κ2) is 9.50. The highest BCUT2D eigenvalue weighted by atomic mass is 31.0. The van der Waals surface area contributed by atoms with Gasteiger partial charge in [-0.15, -0.1) is 9.24 Å². The Hall–Kier alpha value is -0.630. The lowest BCUT2D eigenvalue weighted by Crippen LogP contribution is -2.14. The first-order valence-electron chi connectivity index (χ1n) is 7.69. The Morgan fingerprint density at radius 3 is 2.00 bits per heavy atom. The molecule has 0 amide bonds. The van der Waals surface area contributed by atoms with E-state index in [2.05, 4.69) is 16.2 Å². The summed E-state index contributed by atoms with van der Waals surface area (Å²) in [6.07, 6.45) is -2.29. The highest BCUT2D eigenvalue weighted by Crippen LogP contribution is 2.23. The molecule has 5 heteroatoms. The Bertz CT molecular complexity index is 465. The van der Waals surface area contributed by atoms with Gasteiger partial charge in [-0.1, -0.05) is 34.1 Å². The molecule has 0 nitrogen and oxygen atoms in total. The molecule has 0 N–H and O–H groups in total. The number of aryl methyl sites for hydroxylation is 1. The smallest absolute Gasteiger partial charge is 0.207 e. The first kappa shape index (κ1) is 21.4. The quantitative estimate of drug-likeness (QED) is 0.462. The van der Waals surface area contributed by atoms with Gasteiger partial charge in [0.05, 0.1) is 0 Å². The number of halogens is 4. The van der Waals surface area contributed by atoms with Gasteiger partial charge < -0.3 is 0 Å². The van der Waals surface area contributed by atoms with Crippen molar-refractivity contribution in [1.82, 2.24) is 0 Å². The van der Waals surface area contributed by atoms with Gasteiger partial charge in [-0.05, 0) is 53.7 Å². The molecule has 0 saturated carbocycles. The summed E-state index contributed by atoms with van der Waals surface area (Å²) in [5, 5.41) is 1.07. The second-order valence-electron chi connectivity index (χ2n) is 5.75. The Balaban J connectivity index is 0.000000534. The molecular weight excluding hydrogens is 311 g/mol. The lowest BCUT2D eigenvalue weighted by Gasteiger charge is -2.17. The van der Waals surface area contributed by atoms with Crippen molar-refractivity contribution in [2.45, 2.75) is 72.4 Å². The van der Waals surface area contributed by atoms with Crippen molar-refractivity contribution in [1.29, 1.82) is 0 Å². The summed E-state index contributed by atoms with van der Waals surface area (Å²) in [5.74, 6) is 0.182. The fourth-order valence-electron chi connectivity index (χ4n) is 2.31. The molecular formula is C17H27F4P. The van der Waals surface area contributed by atoms with Crippen LogP contribution < -0.4 is 5.30 Å². The molecule has 22 heavy (non-hydrogen) atoms. The van der Waals surface area contributed by atoms with Crippen LogP contribution in [0.1, 0.15) is 69.6 Å². The van der Waals surface area contributed by atoms with E-state index in [-0.39, 0.29) is 18.2 Å². The summed E-state index contributed by atoms with van der Waals surface area (Å²) >= 11 is 0. The summed E-state index contributed by atoms with van der Waals surface area (Å²) in [7, 11) is 2.72. The van der Waals surface area contributed by atoms with Crippen LogP contribution in [0.2, 0.25) is 0 Å².